The molecule has 1 saturated carbocycles. The summed E-state index contributed by atoms with van der Waals surface area (Å²) in [5.74, 6) is 0.840. The van der Waals surface area contributed by atoms with Gasteiger partial charge in [-0.3, -0.25) is 14.7 Å². The number of aromatic nitrogens is 5. The first-order valence-electron chi connectivity index (χ1n) is 9.96. The summed E-state index contributed by atoms with van der Waals surface area (Å²) in [5, 5.41) is 28.0. The molecule has 11 heteroatoms. The molecule has 2 aromatic carbocycles. The van der Waals surface area contributed by atoms with Gasteiger partial charge >= 0.3 is 0 Å². The monoisotopic (exact) mass is 452 g/mol. The summed E-state index contributed by atoms with van der Waals surface area (Å²) < 4.78 is 22.1. The van der Waals surface area contributed by atoms with Crippen LogP contribution >= 0.6 is 11.8 Å². The van der Waals surface area contributed by atoms with Gasteiger partial charge in [-0.15, -0.1) is 20.4 Å². The van der Waals surface area contributed by atoms with Crippen molar-refractivity contribution in [1.29, 1.82) is 0 Å². The molecule has 1 atom stereocenters. The van der Waals surface area contributed by atoms with Gasteiger partial charge in [-0.25, -0.2) is 4.39 Å². The minimum Gasteiger partial charge on any atom is -0.419 e. The van der Waals surface area contributed by atoms with Crippen LogP contribution < -0.4 is 0 Å². The average Bonchev–Trinajstić information content (AvgIpc) is 3.35. The molecule has 0 spiro atoms. The minimum absolute atomic E-state index is 0.0116. The van der Waals surface area contributed by atoms with Crippen LogP contribution in [-0.2, 0) is 0 Å². The second kappa shape index (κ2) is 8.15. The fourth-order valence-corrected chi connectivity index (χ4v) is 4.24. The highest BCUT2D eigenvalue weighted by molar-refractivity contribution is 7.99. The molecular weight excluding hydrogens is 435 g/mol. The van der Waals surface area contributed by atoms with Crippen molar-refractivity contribution in [3.8, 4) is 22.8 Å². The van der Waals surface area contributed by atoms with E-state index in [1.54, 1.807) is 30.3 Å². The normalized spacial score (nSPS) is 14.4. The van der Waals surface area contributed by atoms with Crippen molar-refractivity contribution in [2.24, 2.45) is 0 Å². The first-order valence-corrected chi connectivity index (χ1v) is 10.8. The zero-order chi connectivity index (χ0) is 22.2. The quantitative estimate of drug-likeness (QED) is 0.213. The molecule has 1 unspecified atom stereocenters. The molecule has 2 heterocycles. The van der Waals surface area contributed by atoms with Crippen molar-refractivity contribution >= 4 is 17.4 Å². The van der Waals surface area contributed by atoms with E-state index in [0.717, 1.165) is 12.8 Å². The Morgan fingerprint density at radius 2 is 1.88 bits per heavy atom. The Morgan fingerprint density at radius 3 is 2.56 bits per heavy atom. The molecule has 32 heavy (non-hydrogen) atoms. The van der Waals surface area contributed by atoms with Crippen LogP contribution in [0.5, 0.6) is 0 Å². The van der Waals surface area contributed by atoms with Crippen LogP contribution in [0.2, 0.25) is 0 Å². The van der Waals surface area contributed by atoms with Gasteiger partial charge in [0.2, 0.25) is 11.8 Å². The third-order valence-electron chi connectivity index (χ3n) is 5.09. The summed E-state index contributed by atoms with van der Waals surface area (Å²) in [4.78, 5) is 10.4. The zero-order valence-electron chi connectivity index (χ0n) is 16.9. The predicted octanol–water partition coefficient (Wildman–Crippen LogP) is 5.23. The van der Waals surface area contributed by atoms with E-state index in [0.29, 0.717) is 28.0 Å². The van der Waals surface area contributed by atoms with Gasteiger partial charge in [0.1, 0.15) is 5.82 Å². The van der Waals surface area contributed by atoms with Crippen molar-refractivity contribution in [3.05, 3.63) is 70.4 Å². The predicted molar refractivity (Wildman–Crippen MR) is 114 cm³/mol. The first kappa shape index (κ1) is 20.3. The number of hydrogen-bond acceptors (Lipinski definition) is 8. The van der Waals surface area contributed by atoms with E-state index < -0.39 is 4.92 Å². The van der Waals surface area contributed by atoms with Crippen LogP contribution in [0.3, 0.4) is 0 Å². The van der Waals surface area contributed by atoms with Gasteiger partial charge in [0.25, 0.3) is 5.69 Å². The smallest absolute Gasteiger partial charge is 0.269 e. The van der Waals surface area contributed by atoms with Gasteiger partial charge in [-0.1, -0.05) is 23.9 Å². The van der Waals surface area contributed by atoms with Crippen LogP contribution in [-0.4, -0.2) is 29.9 Å². The topological polar surface area (TPSA) is 113 Å². The number of nitro benzene ring substituents is 1. The molecule has 0 N–H and O–H groups in total. The maximum absolute atomic E-state index is 14.4. The Labute approximate surface area is 185 Å². The lowest BCUT2D eigenvalue weighted by molar-refractivity contribution is -0.384. The number of rotatable bonds is 7. The summed E-state index contributed by atoms with van der Waals surface area (Å²) in [7, 11) is 0. The summed E-state index contributed by atoms with van der Waals surface area (Å²) in [5.41, 5.74) is 1.00. The molecule has 0 saturated heterocycles. The number of thioether (sulfide) groups is 1. The van der Waals surface area contributed by atoms with E-state index in [1.165, 1.54) is 30.0 Å². The van der Waals surface area contributed by atoms with Crippen molar-refractivity contribution < 1.29 is 13.7 Å². The maximum atomic E-state index is 14.4. The lowest BCUT2D eigenvalue weighted by Crippen LogP contribution is -2.02. The molecule has 1 aliphatic carbocycles. The largest absolute Gasteiger partial charge is 0.419 e. The van der Waals surface area contributed by atoms with Crippen molar-refractivity contribution in [2.45, 2.75) is 36.2 Å². The first-order chi connectivity index (χ1) is 15.5. The number of non-ortho nitro benzene ring substituents is 1. The Morgan fingerprint density at radius 1 is 1.12 bits per heavy atom. The summed E-state index contributed by atoms with van der Waals surface area (Å²) in [6.07, 6.45) is 1.98. The summed E-state index contributed by atoms with van der Waals surface area (Å²) in [6, 6.07) is 12.7. The Hall–Kier alpha value is -3.60. The molecule has 4 aromatic rings. The number of halogens is 1. The zero-order valence-corrected chi connectivity index (χ0v) is 17.7. The highest BCUT2D eigenvalue weighted by Gasteiger charge is 2.32. The molecule has 0 bridgehead atoms. The van der Waals surface area contributed by atoms with Gasteiger partial charge in [-0.2, -0.15) is 0 Å². The molecule has 0 radical (unpaired) electrons. The van der Waals surface area contributed by atoms with E-state index in [4.69, 9.17) is 4.42 Å². The van der Waals surface area contributed by atoms with Crippen molar-refractivity contribution in [2.75, 3.05) is 0 Å². The average molecular weight is 452 g/mol. The summed E-state index contributed by atoms with van der Waals surface area (Å²) in [6.45, 7) is 1.91. The van der Waals surface area contributed by atoms with Crippen LogP contribution in [0.1, 0.15) is 36.9 Å². The second-order valence-electron chi connectivity index (χ2n) is 7.40. The SMILES string of the molecule is CC(Sc1nnc(-c2ccccc2F)n1C1CC1)c1nnc(-c2ccc([N+](=O)[O-])cc2)o1. The van der Waals surface area contributed by atoms with E-state index in [9.17, 15) is 14.5 Å². The fraction of sp³-hybridized carbons (Fsp3) is 0.238. The molecule has 162 valence electrons. The third-order valence-corrected chi connectivity index (χ3v) is 6.13. The number of nitrogens with zero attached hydrogens (tertiary/aromatic N) is 6. The van der Waals surface area contributed by atoms with Crippen LogP contribution in [0.25, 0.3) is 22.8 Å². The Balaban J connectivity index is 1.39. The van der Waals surface area contributed by atoms with E-state index >= 15 is 0 Å². The molecule has 9 nitrogen and oxygen atoms in total. The van der Waals surface area contributed by atoms with Gasteiger partial charge < -0.3 is 4.42 Å². The van der Waals surface area contributed by atoms with Crippen LogP contribution in [0, 0.1) is 15.9 Å². The van der Waals surface area contributed by atoms with Gasteiger partial charge in [-0.05, 0) is 44.0 Å². The minimum atomic E-state index is -0.465. The molecule has 1 fully saturated rings. The number of nitro groups is 1. The fourth-order valence-electron chi connectivity index (χ4n) is 3.30. The van der Waals surface area contributed by atoms with Gasteiger partial charge in [0.05, 0.1) is 15.7 Å². The van der Waals surface area contributed by atoms with E-state index in [-0.39, 0.29) is 28.7 Å². The lowest BCUT2D eigenvalue weighted by Gasteiger charge is -2.11. The second-order valence-corrected chi connectivity index (χ2v) is 8.70. The van der Waals surface area contributed by atoms with E-state index in [1.807, 2.05) is 11.5 Å². The summed E-state index contributed by atoms with van der Waals surface area (Å²) >= 11 is 1.41. The number of hydrogen-bond donors (Lipinski definition) is 0. The third kappa shape index (κ3) is 3.86. The van der Waals surface area contributed by atoms with Crippen molar-refractivity contribution in [3.63, 3.8) is 0 Å². The lowest BCUT2D eigenvalue weighted by atomic mass is 10.2. The molecule has 0 amide bonds. The van der Waals surface area contributed by atoms with Crippen LogP contribution in [0.15, 0.2) is 58.1 Å². The molecule has 1 aliphatic rings. The standard InChI is InChI=1S/C21H17FN6O3S/c1-12(19-24-25-20(31-19)13-6-8-15(9-7-13)28(29)30)32-21-26-23-18(27(21)14-10-11-14)16-4-2-3-5-17(16)22/h2-9,12,14H,10-11H2,1H3. The highest BCUT2D eigenvalue weighted by Crippen LogP contribution is 2.44. The van der Waals surface area contributed by atoms with Gasteiger partial charge in [0.15, 0.2) is 11.0 Å². The van der Waals surface area contributed by atoms with Crippen molar-refractivity contribution in [1.82, 2.24) is 25.0 Å². The maximum Gasteiger partial charge on any atom is 0.269 e. The van der Waals surface area contributed by atoms with Crippen LogP contribution in [0.4, 0.5) is 10.1 Å². The van der Waals surface area contributed by atoms with Gasteiger partial charge in [0, 0.05) is 23.7 Å². The molecule has 0 aliphatic heterocycles. The Bertz CT molecular complexity index is 1280. The highest BCUT2D eigenvalue weighted by atomic mass is 32.2. The van der Waals surface area contributed by atoms with E-state index in [2.05, 4.69) is 20.4 Å². The Kier molecular flexibility index (Phi) is 5.17. The molecular formula is C21H17FN6O3S. The molecule has 5 rings (SSSR count). The molecule has 2 aromatic heterocycles. The number of benzene rings is 2.